The first-order valence-electron chi connectivity index (χ1n) is 22.8. The maximum absolute atomic E-state index is 14.9. The fourth-order valence-electron chi connectivity index (χ4n) is 10.5. The number of esters is 3. The zero-order chi connectivity index (χ0) is 43.4. The summed E-state index contributed by atoms with van der Waals surface area (Å²) >= 11 is 0. The van der Waals surface area contributed by atoms with Crippen LogP contribution in [0.5, 0.6) is 0 Å². The van der Waals surface area contributed by atoms with E-state index in [1.165, 1.54) is 0 Å². The van der Waals surface area contributed by atoms with Gasteiger partial charge < -0.3 is 57.3 Å². The molecule has 15 nitrogen and oxygen atoms in total. The SMILES string of the molecule is CCCC(=O)O[C@H](C)[C@@H]1C/C=C\CC[C@H](O)C(C)(C)[C@@H]2CC[C@@H](C)[C@]3(O2)O[B-]24O[C@@H](C(=O)O1)[C@@]1(O[C@@H](CC[C@H]1C)C(C)(C)[C@H](O)CCC[C@@H]1C[C@H](OC(=O)[C@@H]3O2)[C@@H](C)O1)O4. The molecule has 0 radical (unpaired) electrons. The number of ether oxygens (including phenoxy) is 6. The Morgan fingerprint density at radius 1 is 0.817 bits per heavy atom. The number of carbonyl (C=O) groups excluding carboxylic acids is 3. The summed E-state index contributed by atoms with van der Waals surface area (Å²) in [6, 6.07) is 0. The molecule has 6 saturated heterocycles. The lowest BCUT2D eigenvalue weighted by Crippen LogP contribution is -2.61. The minimum Gasteiger partial charge on any atom is -0.504 e. The standard InChI is InChI=1S/C44H70BO15/c1-10-15-36(48)52-27(4)30-17-12-11-13-18-32(46)41(6,7)34-22-20-26(3)44(55-34)38-40(50)54-31-24-29(51-28(31)5)16-14-19-33(47)42(8,9)35-23-21-25(2)43(56-35)37(39(49)53-30)57-45(58-38,59-43)60-44/h11-12,25-35,37-38,46-47H,10,13-24H2,1-9H3/q-1/b12-11-/t25-,26-,27-,28-,29-,30+,31+,32+,33-,34+,35+,37+,38+,43+,44+,45?/m1/s1. The fourth-order valence-corrected chi connectivity index (χ4v) is 10.5. The molecular weight excluding hydrogens is 779 g/mol. The molecule has 0 aliphatic carbocycles. The van der Waals surface area contributed by atoms with Crippen LogP contribution in [-0.2, 0) is 61.4 Å². The number of hydrogen-bond donors (Lipinski definition) is 2. The monoisotopic (exact) mass is 849 g/mol. The van der Waals surface area contributed by atoms with E-state index in [0.29, 0.717) is 70.6 Å². The van der Waals surface area contributed by atoms with Gasteiger partial charge in [-0.05, 0) is 78.1 Å². The maximum atomic E-state index is 14.9. The predicted octanol–water partition coefficient (Wildman–Crippen LogP) is 5.71. The van der Waals surface area contributed by atoms with Crippen molar-refractivity contribution >= 4 is 24.9 Å². The van der Waals surface area contributed by atoms with Crippen LogP contribution in [-0.4, -0.2) is 114 Å². The zero-order valence-electron chi connectivity index (χ0n) is 37.1. The molecule has 1 unspecified atom stereocenters. The minimum absolute atomic E-state index is 0.182. The van der Waals surface area contributed by atoms with Crippen LogP contribution in [0.2, 0.25) is 0 Å². The molecule has 6 fully saturated rings. The molecule has 7 rings (SSSR count). The Morgan fingerprint density at radius 2 is 1.38 bits per heavy atom. The summed E-state index contributed by atoms with van der Waals surface area (Å²) in [5.74, 6) is -6.76. The molecule has 340 valence electrons. The van der Waals surface area contributed by atoms with Gasteiger partial charge in [0.05, 0.1) is 36.6 Å². The maximum Gasteiger partial charge on any atom is 0.536 e. The molecular formula is C44H70BO15-. The van der Waals surface area contributed by atoms with Crippen LogP contribution in [0.4, 0.5) is 0 Å². The second kappa shape index (κ2) is 17.4. The van der Waals surface area contributed by atoms with Crippen molar-refractivity contribution in [2.24, 2.45) is 22.7 Å². The van der Waals surface area contributed by atoms with E-state index in [4.69, 9.17) is 47.0 Å². The molecule has 0 saturated carbocycles. The van der Waals surface area contributed by atoms with Crippen molar-refractivity contribution in [3.63, 3.8) is 0 Å². The molecule has 16 atom stereocenters. The van der Waals surface area contributed by atoms with Gasteiger partial charge in [-0.15, -0.1) is 0 Å². The highest BCUT2D eigenvalue weighted by Crippen LogP contribution is 2.57. The summed E-state index contributed by atoms with van der Waals surface area (Å²) < 4.78 is 65.8. The molecule has 60 heavy (non-hydrogen) atoms. The van der Waals surface area contributed by atoms with Crippen molar-refractivity contribution in [3.05, 3.63) is 12.2 Å². The van der Waals surface area contributed by atoms with Gasteiger partial charge in [0.25, 0.3) is 0 Å². The number of hydrogen-bond acceptors (Lipinski definition) is 15. The lowest BCUT2D eigenvalue weighted by atomic mass is 9.73. The number of aliphatic hydroxyl groups excluding tert-OH is 2. The molecule has 9 bridgehead atoms. The van der Waals surface area contributed by atoms with Crippen LogP contribution >= 0.6 is 0 Å². The Bertz CT molecular complexity index is 1610. The zero-order valence-corrected chi connectivity index (χ0v) is 37.1. The number of allylic oxidation sites excluding steroid dienone is 1. The first-order chi connectivity index (χ1) is 28.3. The van der Waals surface area contributed by atoms with E-state index < -0.39 is 120 Å². The smallest absolute Gasteiger partial charge is 0.504 e. The number of rotatable bonds is 4. The fraction of sp³-hybridized carbons (Fsp3) is 0.886. The molecule has 2 N–H and O–H groups in total. The summed E-state index contributed by atoms with van der Waals surface area (Å²) in [7, 11) is 0. The quantitative estimate of drug-likeness (QED) is 0.152. The largest absolute Gasteiger partial charge is 0.536 e. The second-order valence-corrected chi connectivity index (χ2v) is 19.9. The number of carbonyl (C=O) groups is 3. The Hall–Kier alpha value is -2.15. The van der Waals surface area contributed by atoms with E-state index in [1.807, 2.05) is 67.5 Å². The summed E-state index contributed by atoms with van der Waals surface area (Å²) in [5, 5.41) is 23.5. The van der Waals surface area contributed by atoms with Crippen LogP contribution in [0.15, 0.2) is 12.2 Å². The topological polar surface area (TPSA) is 184 Å². The molecule has 16 heteroatoms. The van der Waals surface area contributed by atoms with E-state index in [2.05, 4.69) is 0 Å². The predicted molar refractivity (Wildman–Crippen MR) is 215 cm³/mol. The lowest BCUT2D eigenvalue weighted by Gasteiger charge is -2.52. The van der Waals surface area contributed by atoms with Crippen LogP contribution in [0.1, 0.15) is 146 Å². The Kier molecular flexibility index (Phi) is 13.3. The molecule has 0 aromatic heterocycles. The molecule has 0 aromatic rings. The van der Waals surface area contributed by atoms with Crippen molar-refractivity contribution in [1.29, 1.82) is 0 Å². The molecule has 0 amide bonds. The van der Waals surface area contributed by atoms with Gasteiger partial charge in [0.1, 0.15) is 18.3 Å². The second-order valence-electron chi connectivity index (χ2n) is 19.9. The highest BCUT2D eigenvalue weighted by atomic mass is 17.0. The van der Waals surface area contributed by atoms with E-state index >= 15 is 0 Å². The van der Waals surface area contributed by atoms with E-state index in [9.17, 15) is 24.6 Å². The van der Waals surface area contributed by atoms with Crippen molar-refractivity contribution in [3.8, 4) is 0 Å². The summed E-state index contributed by atoms with van der Waals surface area (Å²) in [6.07, 6.45) is 0.998. The Balaban J connectivity index is 1.36. The van der Waals surface area contributed by atoms with Gasteiger partial charge in [0.2, 0.25) is 0 Å². The third-order valence-electron chi connectivity index (χ3n) is 15.0. The Labute approximate surface area is 355 Å². The van der Waals surface area contributed by atoms with Gasteiger partial charge >= 0.3 is 24.9 Å². The van der Waals surface area contributed by atoms with Crippen molar-refractivity contribution in [2.75, 3.05) is 0 Å². The third kappa shape index (κ3) is 8.47. The highest BCUT2D eigenvalue weighted by Gasteiger charge is 2.73. The van der Waals surface area contributed by atoms with Crippen LogP contribution in [0.25, 0.3) is 0 Å². The molecule has 3 spiro atoms. The van der Waals surface area contributed by atoms with Gasteiger partial charge in [-0.1, -0.05) is 60.6 Å². The van der Waals surface area contributed by atoms with Gasteiger partial charge in [-0.3, -0.25) is 4.79 Å². The lowest BCUT2D eigenvalue weighted by molar-refractivity contribution is -0.311. The Morgan fingerprint density at radius 3 is 1.97 bits per heavy atom. The first kappa shape index (κ1) is 45.9. The van der Waals surface area contributed by atoms with Crippen molar-refractivity contribution in [1.82, 2.24) is 0 Å². The van der Waals surface area contributed by atoms with Gasteiger partial charge in [0, 0.05) is 41.9 Å². The summed E-state index contributed by atoms with van der Waals surface area (Å²) in [5.41, 5.74) is -1.65. The van der Waals surface area contributed by atoms with Gasteiger partial charge in [0.15, 0.2) is 23.8 Å². The van der Waals surface area contributed by atoms with E-state index in [1.54, 1.807) is 6.92 Å². The van der Waals surface area contributed by atoms with Crippen LogP contribution in [0.3, 0.4) is 0 Å². The van der Waals surface area contributed by atoms with E-state index in [-0.39, 0.29) is 18.9 Å². The number of cyclic esters (lactones) is 1. The molecule has 0 aromatic carbocycles. The summed E-state index contributed by atoms with van der Waals surface area (Å²) in [6.45, 7) is 13.5. The number of fused-ring (bicyclic) bond motifs is 6. The molecule has 7 aliphatic rings. The van der Waals surface area contributed by atoms with E-state index in [0.717, 1.165) is 0 Å². The van der Waals surface area contributed by atoms with Gasteiger partial charge in [-0.2, -0.15) is 0 Å². The average Bonchev–Trinajstić information content (AvgIpc) is 3.81. The van der Waals surface area contributed by atoms with Crippen molar-refractivity contribution < 1.29 is 71.6 Å². The number of aliphatic hydroxyl groups is 2. The molecule has 7 heterocycles. The van der Waals surface area contributed by atoms with Crippen molar-refractivity contribution in [2.45, 2.75) is 225 Å². The highest BCUT2D eigenvalue weighted by molar-refractivity contribution is 6.56. The van der Waals surface area contributed by atoms with Crippen LogP contribution in [0, 0.1) is 22.7 Å². The van der Waals surface area contributed by atoms with Gasteiger partial charge in [-0.25, -0.2) is 9.59 Å². The normalized spacial score (nSPS) is 46.8. The molecule has 7 aliphatic heterocycles. The first-order valence-corrected chi connectivity index (χ1v) is 22.8. The third-order valence-corrected chi connectivity index (χ3v) is 15.0. The van der Waals surface area contributed by atoms with Crippen LogP contribution < -0.4 is 0 Å². The average molecular weight is 850 g/mol. The summed E-state index contributed by atoms with van der Waals surface area (Å²) in [4.78, 5) is 42.4. The minimum atomic E-state index is -3.50.